The molecule has 0 spiro atoms. The first-order chi connectivity index (χ1) is 14.2. The number of pyridine rings is 1. The number of nitrogens with one attached hydrogen (secondary N) is 1. The van der Waals surface area contributed by atoms with E-state index in [4.69, 9.17) is 4.74 Å². The van der Waals surface area contributed by atoms with Gasteiger partial charge in [-0.05, 0) is 45.4 Å². The number of nitro benzene ring substituents is 1. The molecule has 0 bridgehead atoms. The molecular weight excluding hydrogens is 386 g/mol. The van der Waals surface area contributed by atoms with Gasteiger partial charge in [0.1, 0.15) is 0 Å². The average molecular weight is 409 g/mol. The number of hydrogen-bond acceptors (Lipinski definition) is 6. The molecule has 1 amide bonds. The first-order valence-corrected chi connectivity index (χ1v) is 9.37. The number of nitro groups is 1. The molecule has 30 heavy (non-hydrogen) atoms. The highest BCUT2D eigenvalue weighted by Crippen LogP contribution is 2.36. The van der Waals surface area contributed by atoms with Gasteiger partial charge in [0, 0.05) is 30.6 Å². The minimum atomic E-state index is -0.522. The Morgan fingerprint density at radius 3 is 2.60 bits per heavy atom. The Kier molecular flexibility index (Phi) is 5.81. The van der Waals surface area contributed by atoms with Gasteiger partial charge in [0.2, 0.25) is 11.6 Å². The second-order valence-corrected chi connectivity index (χ2v) is 7.73. The fourth-order valence-electron chi connectivity index (χ4n) is 2.84. The van der Waals surface area contributed by atoms with E-state index in [2.05, 4.69) is 15.4 Å². The number of aromatic nitrogens is 3. The molecule has 3 aromatic rings. The molecule has 2 heterocycles. The maximum absolute atomic E-state index is 12.8. The zero-order valence-electron chi connectivity index (χ0n) is 17.2. The van der Waals surface area contributed by atoms with Crippen LogP contribution in [0.5, 0.6) is 11.6 Å². The van der Waals surface area contributed by atoms with Crippen molar-refractivity contribution in [2.75, 3.05) is 0 Å². The summed E-state index contributed by atoms with van der Waals surface area (Å²) < 4.78 is 7.49. The van der Waals surface area contributed by atoms with Crippen LogP contribution >= 0.6 is 0 Å². The van der Waals surface area contributed by atoms with Crippen molar-refractivity contribution in [3.8, 4) is 11.6 Å². The van der Waals surface area contributed by atoms with Gasteiger partial charge in [0.15, 0.2) is 5.69 Å². The molecule has 9 nitrogen and oxygen atoms in total. The van der Waals surface area contributed by atoms with E-state index in [1.807, 2.05) is 26.8 Å². The number of para-hydroxylation sites is 2. The number of amides is 1. The predicted molar refractivity (Wildman–Crippen MR) is 111 cm³/mol. The van der Waals surface area contributed by atoms with Crippen LogP contribution in [0.25, 0.3) is 0 Å². The highest BCUT2D eigenvalue weighted by atomic mass is 16.6. The summed E-state index contributed by atoms with van der Waals surface area (Å²) in [4.78, 5) is 27.7. The van der Waals surface area contributed by atoms with E-state index in [9.17, 15) is 14.9 Å². The maximum atomic E-state index is 12.8. The van der Waals surface area contributed by atoms with E-state index in [1.165, 1.54) is 12.1 Å². The van der Waals surface area contributed by atoms with E-state index >= 15 is 0 Å². The monoisotopic (exact) mass is 409 g/mol. The highest BCUT2D eigenvalue weighted by Gasteiger charge is 2.29. The molecule has 3 rings (SSSR count). The first kappa shape index (κ1) is 21.0. The lowest BCUT2D eigenvalue weighted by Crippen LogP contribution is -2.26. The van der Waals surface area contributed by atoms with Crippen LogP contribution in [0.3, 0.4) is 0 Å². The topological polar surface area (TPSA) is 112 Å². The standard InChI is InChI=1S/C21H23N5O4/c1-14-18(19(27)23-13-15-8-7-11-22-12-15)24-25(21(2,3)4)20(14)30-17-10-6-5-9-16(17)26(28)29/h5-12H,13H2,1-4H3,(H,23,27). The molecular formula is C21H23N5O4. The second-order valence-electron chi connectivity index (χ2n) is 7.73. The molecule has 0 fully saturated rings. The first-order valence-electron chi connectivity index (χ1n) is 9.37. The van der Waals surface area contributed by atoms with E-state index in [0.717, 1.165) is 5.56 Å². The minimum Gasteiger partial charge on any atom is -0.432 e. The molecule has 0 aliphatic heterocycles. The molecule has 0 unspecified atom stereocenters. The van der Waals surface area contributed by atoms with Gasteiger partial charge >= 0.3 is 5.69 Å². The number of nitrogens with zero attached hydrogens (tertiary/aromatic N) is 4. The van der Waals surface area contributed by atoms with E-state index in [-0.39, 0.29) is 28.9 Å². The normalized spacial score (nSPS) is 11.2. The van der Waals surface area contributed by atoms with Crippen molar-refractivity contribution in [1.29, 1.82) is 0 Å². The summed E-state index contributed by atoms with van der Waals surface area (Å²) in [5.41, 5.74) is 0.858. The van der Waals surface area contributed by atoms with Crippen LogP contribution < -0.4 is 10.1 Å². The Morgan fingerprint density at radius 1 is 1.23 bits per heavy atom. The molecule has 0 saturated carbocycles. The summed E-state index contributed by atoms with van der Waals surface area (Å²) in [6.45, 7) is 7.72. The zero-order valence-corrected chi connectivity index (χ0v) is 17.2. The number of benzene rings is 1. The third kappa shape index (κ3) is 4.45. The molecule has 0 aliphatic rings. The summed E-state index contributed by atoms with van der Waals surface area (Å²) in [6, 6.07) is 9.74. The fourth-order valence-corrected chi connectivity index (χ4v) is 2.84. The van der Waals surface area contributed by atoms with Crippen LogP contribution in [0, 0.1) is 17.0 Å². The molecule has 1 N–H and O–H groups in total. The van der Waals surface area contributed by atoms with Crippen LogP contribution in [0.1, 0.15) is 42.4 Å². The van der Waals surface area contributed by atoms with E-state index in [1.54, 1.807) is 42.2 Å². The summed E-state index contributed by atoms with van der Waals surface area (Å²) in [7, 11) is 0. The Bertz CT molecular complexity index is 1070. The van der Waals surface area contributed by atoms with Crippen molar-refractivity contribution in [3.63, 3.8) is 0 Å². The lowest BCUT2D eigenvalue weighted by Gasteiger charge is -2.22. The summed E-state index contributed by atoms with van der Waals surface area (Å²) >= 11 is 0. The van der Waals surface area contributed by atoms with Gasteiger partial charge in [-0.3, -0.25) is 19.9 Å². The lowest BCUT2D eigenvalue weighted by molar-refractivity contribution is -0.385. The van der Waals surface area contributed by atoms with Gasteiger partial charge < -0.3 is 10.1 Å². The van der Waals surface area contributed by atoms with E-state index < -0.39 is 10.5 Å². The summed E-state index contributed by atoms with van der Waals surface area (Å²) in [5.74, 6) is -0.00610. The third-order valence-electron chi connectivity index (χ3n) is 4.36. The fraction of sp³-hybridized carbons (Fsp3) is 0.286. The molecule has 2 aromatic heterocycles. The Morgan fingerprint density at radius 2 is 1.97 bits per heavy atom. The second kappa shape index (κ2) is 8.32. The predicted octanol–water partition coefficient (Wildman–Crippen LogP) is 3.97. The SMILES string of the molecule is Cc1c(C(=O)NCc2cccnc2)nn(C(C)(C)C)c1Oc1ccccc1[N+](=O)[O-]. The molecule has 1 aromatic carbocycles. The van der Waals surface area contributed by atoms with Crippen molar-refractivity contribution in [2.45, 2.75) is 39.8 Å². The summed E-state index contributed by atoms with van der Waals surface area (Å²) in [6.07, 6.45) is 3.33. The van der Waals surface area contributed by atoms with E-state index in [0.29, 0.717) is 12.1 Å². The van der Waals surface area contributed by atoms with Crippen LogP contribution in [0.4, 0.5) is 5.69 Å². The van der Waals surface area contributed by atoms with Crippen LogP contribution in [-0.2, 0) is 12.1 Å². The Labute approximate surface area is 173 Å². The lowest BCUT2D eigenvalue weighted by atomic mass is 10.1. The maximum Gasteiger partial charge on any atom is 0.311 e. The molecule has 9 heteroatoms. The average Bonchev–Trinajstić information content (AvgIpc) is 3.04. The highest BCUT2D eigenvalue weighted by molar-refractivity contribution is 5.94. The van der Waals surface area contributed by atoms with Gasteiger partial charge in [0.25, 0.3) is 5.91 Å². The van der Waals surface area contributed by atoms with Gasteiger partial charge in [0.05, 0.1) is 10.5 Å². The smallest absolute Gasteiger partial charge is 0.311 e. The van der Waals surface area contributed by atoms with Crippen molar-refractivity contribution < 1.29 is 14.5 Å². The zero-order chi connectivity index (χ0) is 21.9. The number of ether oxygens (including phenoxy) is 1. The van der Waals surface area contributed by atoms with Crippen molar-refractivity contribution >= 4 is 11.6 Å². The Balaban J connectivity index is 1.95. The molecule has 156 valence electrons. The van der Waals surface area contributed by atoms with Gasteiger partial charge in [-0.15, -0.1) is 0 Å². The molecule has 0 saturated heterocycles. The van der Waals surface area contributed by atoms with Crippen molar-refractivity contribution in [1.82, 2.24) is 20.1 Å². The van der Waals surface area contributed by atoms with Gasteiger partial charge in [-0.25, -0.2) is 4.68 Å². The third-order valence-corrected chi connectivity index (χ3v) is 4.36. The number of carbonyl (C=O) groups excluding carboxylic acids is 1. The number of rotatable bonds is 6. The van der Waals surface area contributed by atoms with Gasteiger partial charge in [-0.1, -0.05) is 18.2 Å². The molecule has 0 aliphatic carbocycles. The van der Waals surface area contributed by atoms with Crippen LogP contribution in [0.2, 0.25) is 0 Å². The molecule has 0 radical (unpaired) electrons. The largest absolute Gasteiger partial charge is 0.432 e. The minimum absolute atomic E-state index is 0.0818. The van der Waals surface area contributed by atoms with Crippen molar-refractivity contribution in [2.24, 2.45) is 0 Å². The van der Waals surface area contributed by atoms with Gasteiger partial charge in [-0.2, -0.15) is 5.10 Å². The van der Waals surface area contributed by atoms with Crippen LogP contribution in [-0.4, -0.2) is 25.6 Å². The summed E-state index contributed by atoms with van der Waals surface area (Å²) in [5, 5.41) is 18.6. The number of carbonyl (C=O) groups is 1. The number of hydrogen-bond donors (Lipinski definition) is 1. The quantitative estimate of drug-likeness (QED) is 0.487. The van der Waals surface area contributed by atoms with Crippen LogP contribution in [0.15, 0.2) is 48.8 Å². The van der Waals surface area contributed by atoms with Crippen molar-refractivity contribution in [3.05, 3.63) is 75.7 Å². The Hall–Kier alpha value is -3.75. The molecule has 0 atom stereocenters.